The Bertz CT molecular complexity index is 841. The summed E-state index contributed by atoms with van der Waals surface area (Å²) in [7, 11) is 3.20. The van der Waals surface area contributed by atoms with Gasteiger partial charge in [0.2, 0.25) is 5.91 Å². The zero-order valence-corrected chi connectivity index (χ0v) is 17.0. The van der Waals surface area contributed by atoms with Crippen molar-refractivity contribution in [3.8, 4) is 11.5 Å². The number of carbonyl (C=O) groups excluding carboxylic acids is 2. The van der Waals surface area contributed by atoms with E-state index in [1.165, 1.54) is 0 Å². The standard InChI is InChI=1S/C22H27N3O4/c1-28-19-9-7-17(16-20(19)29-2)8-10-21(26)24-12-5-13-25(15-14-24)22(27)18-6-3-4-11-23-18/h3-4,6-7,9,11,16H,5,8,10,12-15H2,1-2H3. The fourth-order valence-electron chi connectivity index (χ4n) is 3.47. The molecule has 1 saturated heterocycles. The lowest BCUT2D eigenvalue weighted by molar-refractivity contribution is -0.131. The first-order valence-corrected chi connectivity index (χ1v) is 9.81. The molecular formula is C22H27N3O4. The molecule has 1 fully saturated rings. The van der Waals surface area contributed by atoms with Crippen LogP contribution in [0, 0.1) is 0 Å². The van der Waals surface area contributed by atoms with Crippen LogP contribution in [0.5, 0.6) is 11.5 Å². The van der Waals surface area contributed by atoms with Gasteiger partial charge in [0.15, 0.2) is 11.5 Å². The van der Waals surface area contributed by atoms with Crippen LogP contribution in [0.2, 0.25) is 0 Å². The predicted molar refractivity (Wildman–Crippen MR) is 109 cm³/mol. The van der Waals surface area contributed by atoms with E-state index in [2.05, 4.69) is 4.98 Å². The normalized spacial score (nSPS) is 14.3. The summed E-state index contributed by atoms with van der Waals surface area (Å²) in [5.74, 6) is 1.36. The number of carbonyl (C=O) groups is 2. The molecule has 3 rings (SSSR count). The molecule has 2 aromatic rings. The SMILES string of the molecule is COc1ccc(CCC(=O)N2CCCN(C(=O)c3ccccn3)CC2)cc1OC. The van der Waals surface area contributed by atoms with Crippen molar-refractivity contribution in [1.82, 2.24) is 14.8 Å². The van der Waals surface area contributed by atoms with Gasteiger partial charge in [0, 0.05) is 38.8 Å². The first kappa shape index (κ1) is 20.6. The Balaban J connectivity index is 1.54. The van der Waals surface area contributed by atoms with Gasteiger partial charge in [0.05, 0.1) is 14.2 Å². The third-order valence-electron chi connectivity index (χ3n) is 5.10. The van der Waals surface area contributed by atoms with Crippen molar-refractivity contribution in [3.05, 3.63) is 53.9 Å². The molecule has 2 amide bonds. The summed E-state index contributed by atoms with van der Waals surface area (Å²) in [5.41, 5.74) is 1.47. The molecule has 0 spiro atoms. The van der Waals surface area contributed by atoms with Crippen LogP contribution in [0.25, 0.3) is 0 Å². The molecule has 0 radical (unpaired) electrons. The Morgan fingerprint density at radius 2 is 1.72 bits per heavy atom. The highest BCUT2D eigenvalue weighted by Crippen LogP contribution is 2.28. The molecule has 1 aliphatic rings. The summed E-state index contributed by atoms with van der Waals surface area (Å²) in [6.07, 6.45) is 3.44. The van der Waals surface area contributed by atoms with Gasteiger partial charge in [-0.05, 0) is 42.7 Å². The van der Waals surface area contributed by atoms with Crippen LogP contribution in [0.15, 0.2) is 42.6 Å². The highest BCUT2D eigenvalue weighted by atomic mass is 16.5. The van der Waals surface area contributed by atoms with Crippen LogP contribution < -0.4 is 9.47 Å². The number of pyridine rings is 1. The number of methoxy groups -OCH3 is 2. The fourth-order valence-corrected chi connectivity index (χ4v) is 3.47. The molecule has 154 valence electrons. The lowest BCUT2D eigenvalue weighted by Gasteiger charge is -2.22. The third kappa shape index (κ3) is 5.25. The van der Waals surface area contributed by atoms with Gasteiger partial charge in [-0.3, -0.25) is 14.6 Å². The van der Waals surface area contributed by atoms with Crippen molar-refractivity contribution in [1.29, 1.82) is 0 Å². The average Bonchev–Trinajstić information content (AvgIpc) is 3.03. The maximum atomic E-state index is 12.7. The van der Waals surface area contributed by atoms with Crippen molar-refractivity contribution in [2.75, 3.05) is 40.4 Å². The lowest BCUT2D eigenvalue weighted by Crippen LogP contribution is -2.37. The molecule has 0 bridgehead atoms. The number of hydrogen-bond acceptors (Lipinski definition) is 5. The Kier molecular flexibility index (Phi) is 7.05. The molecule has 0 unspecified atom stereocenters. The van der Waals surface area contributed by atoms with E-state index in [1.54, 1.807) is 37.4 Å². The van der Waals surface area contributed by atoms with Crippen molar-refractivity contribution in [2.45, 2.75) is 19.3 Å². The lowest BCUT2D eigenvalue weighted by atomic mass is 10.1. The minimum absolute atomic E-state index is 0.0785. The Morgan fingerprint density at radius 1 is 0.966 bits per heavy atom. The number of nitrogens with zero attached hydrogens (tertiary/aromatic N) is 3. The molecule has 0 aliphatic carbocycles. The van der Waals surface area contributed by atoms with E-state index >= 15 is 0 Å². The summed E-state index contributed by atoms with van der Waals surface area (Å²) in [5, 5.41) is 0. The maximum Gasteiger partial charge on any atom is 0.272 e. The number of rotatable bonds is 6. The fraction of sp³-hybridized carbons (Fsp3) is 0.409. The topological polar surface area (TPSA) is 72.0 Å². The zero-order valence-electron chi connectivity index (χ0n) is 17.0. The van der Waals surface area contributed by atoms with E-state index in [9.17, 15) is 9.59 Å². The van der Waals surface area contributed by atoms with E-state index in [1.807, 2.05) is 29.2 Å². The Hall–Kier alpha value is -3.09. The van der Waals surface area contributed by atoms with E-state index in [0.29, 0.717) is 56.2 Å². The van der Waals surface area contributed by atoms with Crippen molar-refractivity contribution in [3.63, 3.8) is 0 Å². The van der Waals surface area contributed by atoms with Gasteiger partial charge >= 0.3 is 0 Å². The van der Waals surface area contributed by atoms with Gasteiger partial charge in [0.1, 0.15) is 5.69 Å². The second-order valence-corrected chi connectivity index (χ2v) is 6.93. The highest BCUT2D eigenvalue weighted by molar-refractivity contribution is 5.92. The number of amides is 2. The van der Waals surface area contributed by atoms with Gasteiger partial charge in [-0.1, -0.05) is 12.1 Å². The average molecular weight is 397 g/mol. The number of ether oxygens (including phenoxy) is 2. The van der Waals surface area contributed by atoms with Gasteiger partial charge in [-0.15, -0.1) is 0 Å². The first-order chi connectivity index (χ1) is 14.1. The summed E-state index contributed by atoms with van der Waals surface area (Å²) >= 11 is 0. The molecular weight excluding hydrogens is 370 g/mol. The number of aromatic nitrogens is 1. The minimum atomic E-state index is -0.0785. The number of hydrogen-bond donors (Lipinski definition) is 0. The molecule has 0 saturated carbocycles. The molecule has 7 heteroatoms. The third-order valence-corrected chi connectivity index (χ3v) is 5.10. The molecule has 0 N–H and O–H groups in total. The maximum absolute atomic E-state index is 12.7. The van der Waals surface area contributed by atoms with Crippen molar-refractivity contribution >= 4 is 11.8 Å². The highest BCUT2D eigenvalue weighted by Gasteiger charge is 2.23. The van der Waals surface area contributed by atoms with Crippen LogP contribution in [0.1, 0.15) is 28.9 Å². The smallest absolute Gasteiger partial charge is 0.272 e. The van der Waals surface area contributed by atoms with Crippen LogP contribution in [0.4, 0.5) is 0 Å². The molecule has 1 aliphatic heterocycles. The molecule has 1 aromatic heterocycles. The quantitative estimate of drug-likeness (QED) is 0.749. The van der Waals surface area contributed by atoms with Crippen LogP contribution in [0.3, 0.4) is 0 Å². The first-order valence-electron chi connectivity index (χ1n) is 9.81. The van der Waals surface area contributed by atoms with Gasteiger partial charge in [0.25, 0.3) is 5.91 Å². The van der Waals surface area contributed by atoms with Crippen molar-refractivity contribution in [2.24, 2.45) is 0 Å². The number of aryl methyl sites for hydroxylation is 1. The summed E-state index contributed by atoms with van der Waals surface area (Å²) in [6, 6.07) is 11.0. The van der Waals surface area contributed by atoms with Crippen LogP contribution >= 0.6 is 0 Å². The van der Waals surface area contributed by atoms with Crippen LogP contribution in [-0.2, 0) is 11.2 Å². The van der Waals surface area contributed by atoms with Gasteiger partial charge < -0.3 is 19.3 Å². The van der Waals surface area contributed by atoms with Gasteiger partial charge in [-0.2, -0.15) is 0 Å². The second-order valence-electron chi connectivity index (χ2n) is 6.93. The van der Waals surface area contributed by atoms with E-state index < -0.39 is 0 Å². The minimum Gasteiger partial charge on any atom is -0.493 e. The predicted octanol–water partition coefficient (Wildman–Crippen LogP) is 2.41. The Labute approximate surface area is 171 Å². The molecule has 0 atom stereocenters. The number of benzene rings is 1. The van der Waals surface area contributed by atoms with E-state index in [0.717, 1.165) is 12.0 Å². The molecule has 1 aromatic carbocycles. The van der Waals surface area contributed by atoms with Crippen LogP contribution in [-0.4, -0.2) is 67.0 Å². The Morgan fingerprint density at radius 3 is 2.45 bits per heavy atom. The monoisotopic (exact) mass is 397 g/mol. The van der Waals surface area contributed by atoms with Crippen molar-refractivity contribution < 1.29 is 19.1 Å². The molecule has 2 heterocycles. The largest absolute Gasteiger partial charge is 0.493 e. The summed E-state index contributed by atoms with van der Waals surface area (Å²) < 4.78 is 10.6. The molecule has 29 heavy (non-hydrogen) atoms. The van der Waals surface area contributed by atoms with E-state index in [4.69, 9.17) is 9.47 Å². The van der Waals surface area contributed by atoms with Gasteiger partial charge in [-0.25, -0.2) is 0 Å². The summed E-state index contributed by atoms with van der Waals surface area (Å²) in [4.78, 5) is 33.1. The zero-order chi connectivity index (χ0) is 20.6. The summed E-state index contributed by atoms with van der Waals surface area (Å²) in [6.45, 7) is 2.37. The second kappa shape index (κ2) is 9.91. The van der Waals surface area contributed by atoms with E-state index in [-0.39, 0.29) is 11.8 Å². The molecule has 7 nitrogen and oxygen atoms in total.